The Bertz CT molecular complexity index is 629. The monoisotopic (exact) mass is 305 g/mol. The third kappa shape index (κ3) is 3.67. The van der Waals surface area contributed by atoms with Crippen molar-refractivity contribution in [2.24, 2.45) is 0 Å². The van der Waals surface area contributed by atoms with E-state index in [-0.39, 0.29) is 5.91 Å². The van der Waals surface area contributed by atoms with Crippen LogP contribution >= 0.6 is 11.6 Å². The Morgan fingerprint density at radius 3 is 2.57 bits per heavy atom. The molecule has 0 fully saturated rings. The van der Waals surface area contributed by atoms with Crippen molar-refractivity contribution in [3.63, 3.8) is 0 Å². The smallest absolute Gasteiger partial charge is 0.251 e. The minimum absolute atomic E-state index is 0.232. The van der Waals surface area contributed by atoms with Crippen LogP contribution in [-0.4, -0.2) is 20.1 Å². The molecule has 0 spiro atoms. The Hall–Kier alpha value is -2.20. The number of methoxy groups -OCH3 is 1. The fourth-order valence-corrected chi connectivity index (χ4v) is 2.13. The van der Waals surface area contributed by atoms with Crippen molar-refractivity contribution in [3.8, 4) is 11.5 Å². The molecule has 4 nitrogen and oxygen atoms in total. The molecular weight excluding hydrogens is 290 g/mol. The number of benzene rings is 2. The van der Waals surface area contributed by atoms with Gasteiger partial charge >= 0.3 is 0 Å². The van der Waals surface area contributed by atoms with Crippen molar-refractivity contribution in [1.82, 2.24) is 5.32 Å². The van der Waals surface area contributed by atoms with Crippen molar-refractivity contribution < 1.29 is 14.3 Å². The van der Waals surface area contributed by atoms with Gasteiger partial charge in [-0.3, -0.25) is 4.79 Å². The molecule has 0 saturated heterocycles. The van der Waals surface area contributed by atoms with Gasteiger partial charge in [-0.25, -0.2) is 0 Å². The van der Waals surface area contributed by atoms with E-state index in [4.69, 9.17) is 21.1 Å². The second-order valence-electron chi connectivity index (χ2n) is 4.34. The number of hydrogen-bond acceptors (Lipinski definition) is 3. The molecule has 1 N–H and O–H groups in total. The largest absolute Gasteiger partial charge is 0.493 e. The number of hydrogen-bond donors (Lipinski definition) is 1. The Kier molecular flexibility index (Phi) is 5.06. The van der Waals surface area contributed by atoms with Crippen LogP contribution in [0.4, 0.5) is 0 Å². The molecule has 2 rings (SSSR count). The zero-order chi connectivity index (χ0) is 15.2. The lowest BCUT2D eigenvalue weighted by atomic mass is 10.2. The van der Waals surface area contributed by atoms with Crippen LogP contribution in [0.15, 0.2) is 42.5 Å². The highest BCUT2D eigenvalue weighted by Crippen LogP contribution is 2.36. The summed E-state index contributed by atoms with van der Waals surface area (Å²) in [6.07, 6.45) is 0. The first-order valence-electron chi connectivity index (χ1n) is 6.42. The van der Waals surface area contributed by atoms with E-state index in [0.717, 1.165) is 5.56 Å². The van der Waals surface area contributed by atoms with E-state index >= 15 is 0 Å². The summed E-state index contributed by atoms with van der Waals surface area (Å²) in [6.45, 7) is 0.371. The normalized spacial score (nSPS) is 10.0. The van der Waals surface area contributed by atoms with Gasteiger partial charge in [-0.15, -0.1) is 0 Å². The number of nitrogens with one attached hydrogen (secondary N) is 1. The molecule has 2 aromatic rings. The summed E-state index contributed by atoms with van der Waals surface area (Å²) in [5, 5.41) is 2.88. The minimum Gasteiger partial charge on any atom is -0.493 e. The summed E-state index contributed by atoms with van der Waals surface area (Å²) >= 11 is 6.20. The summed E-state index contributed by atoms with van der Waals surface area (Å²) in [4.78, 5) is 11.7. The molecule has 2 aromatic carbocycles. The van der Waals surface area contributed by atoms with Gasteiger partial charge in [0.1, 0.15) is 6.61 Å². The first-order valence-corrected chi connectivity index (χ1v) is 6.80. The molecule has 0 unspecified atom stereocenters. The number of rotatable bonds is 5. The Labute approximate surface area is 128 Å². The van der Waals surface area contributed by atoms with Crippen LogP contribution in [0.2, 0.25) is 5.02 Å². The fourth-order valence-electron chi connectivity index (χ4n) is 1.87. The van der Waals surface area contributed by atoms with E-state index in [2.05, 4.69) is 5.32 Å². The molecule has 1 amide bonds. The quantitative estimate of drug-likeness (QED) is 0.922. The van der Waals surface area contributed by atoms with Gasteiger partial charge in [0, 0.05) is 12.6 Å². The van der Waals surface area contributed by atoms with Crippen molar-refractivity contribution in [3.05, 3.63) is 58.6 Å². The molecule has 0 heterocycles. The number of carbonyl (C=O) groups is 1. The van der Waals surface area contributed by atoms with Crippen molar-refractivity contribution >= 4 is 17.5 Å². The standard InChI is InChI=1S/C16H16ClNO3/c1-18-16(19)12-8-13(17)15(14(9-12)20-2)21-10-11-6-4-3-5-7-11/h3-9H,10H2,1-2H3,(H,18,19). The summed E-state index contributed by atoms with van der Waals surface area (Å²) in [7, 11) is 3.07. The molecule has 5 heteroatoms. The lowest BCUT2D eigenvalue weighted by molar-refractivity contribution is 0.0962. The zero-order valence-electron chi connectivity index (χ0n) is 11.9. The van der Waals surface area contributed by atoms with Crippen LogP contribution < -0.4 is 14.8 Å². The van der Waals surface area contributed by atoms with Gasteiger partial charge in [-0.05, 0) is 17.7 Å². The van der Waals surface area contributed by atoms with Gasteiger partial charge in [-0.2, -0.15) is 0 Å². The summed E-state index contributed by atoms with van der Waals surface area (Å²) in [6, 6.07) is 12.9. The predicted molar refractivity (Wildman–Crippen MR) is 82.2 cm³/mol. The molecule has 110 valence electrons. The van der Waals surface area contributed by atoms with Gasteiger partial charge in [0.2, 0.25) is 0 Å². The van der Waals surface area contributed by atoms with Gasteiger partial charge in [-0.1, -0.05) is 41.9 Å². The Morgan fingerprint density at radius 2 is 1.95 bits per heavy atom. The molecule has 0 saturated carbocycles. The van der Waals surface area contributed by atoms with Crippen molar-refractivity contribution in [2.75, 3.05) is 14.2 Å². The lowest BCUT2D eigenvalue weighted by Gasteiger charge is -2.14. The molecule has 0 atom stereocenters. The predicted octanol–water partition coefficient (Wildman–Crippen LogP) is 3.29. The summed E-state index contributed by atoms with van der Waals surface area (Å²) < 4.78 is 11.0. The fraction of sp³-hybridized carbons (Fsp3) is 0.188. The first-order chi connectivity index (χ1) is 10.2. The maximum absolute atomic E-state index is 11.7. The highest BCUT2D eigenvalue weighted by Gasteiger charge is 2.15. The minimum atomic E-state index is -0.232. The van der Waals surface area contributed by atoms with E-state index in [0.29, 0.717) is 28.7 Å². The van der Waals surface area contributed by atoms with Gasteiger partial charge in [0.25, 0.3) is 5.91 Å². The second-order valence-corrected chi connectivity index (χ2v) is 4.75. The van der Waals surface area contributed by atoms with Crippen LogP contribution in [0, 0.1) is 0 Å². The van der Waals surface area contributed by atoms with E-state index < -0.39 is 0 Å². The third-order valence-electron chi connectivity index (χ3n) is 2.94. The Morgan fingerprint density at radius 1 is 1.24 bits per heavy atom. The number of carbonyl (C=O) groups excluding carboxylic acids is 1. The summed E-state index contributed by atoms with van der Waals surface area (Å²) in [5.41, 5.74) is 1.44. The van der Waals surface area contributed by atoms with Gasteiger partial charge in [0.15, 0.2) is 11.5 Å². The molecule has 0 aliphatic carbocycles. The number of amides is 1. The maximum atomic E-state index is 11.7. The maximum Gasteiger partial charge on any atom is 0.251 e. The molecule has 0 aliphatic heterocycles. The van der Waals surface area contributed by atoms with E-state index in [1.54, 1.807) is 19.2 Å². The van der Waals surface area contributed by atoms with E-state index in [1.807, 2.05) is 30.3 Å². The molecule has 0 radical (unpaired) electrons. The van der Waals surface area contributed by atoms with Crippen molar-refractivity contribution in [1.29, 1.82) is 0 Å². The van der Waals surface area contributed by atoms with E-state index in [1.165, 1.54) is 7.11 Å². The molecule has 0 aliphatic rings. The van der Waals surface area contributed by atoms with Crippen LogP contribution in [0.1, 0.15) is 15.9 Å². The highest BCUT2D eigenvalue weighted by molar-refractivity contribution is 6.32. The number of ether oxygens (including phenoxy) is 2. The number of halogens is 1. The van der Waals surface area contributed by atoms with Crippen LogP contribution in [0.25, 0.3) is 0 Å². The SMILES string of the molecule is CNC(=O)c1cc(Cl)c(OCc2ccccc2)c(OC)c1. The van der Waals surface area contributed by atoms with E-state index in [9.17, 15) is 4.79 Å². The first kappa shape index (κ1) is 15.2. The topological polar surface area (TPSA) is 47.6 Å². The molecule has 0 aromatic heterocycles. The summed E-state index contributed by atoms with van der Waals surface area (Å²) in [5.74, 6) is 0.623. The zero-order valence-corrected chi connectivity index (χ0v) is 12.6. The molecule has 0 bridgehead atoms. The van der Waals surface area contributed by atoms with Crippen molar-refractivity contribution in [2.45, 2.75) is 6.61 Å². The third-order valence-corrected chi connectivity index (χ3v) is 3.23. The lowest BCUT2D eigenvalue weighted by Crippen LogP contribution is -2.17. The van der Waals surface area contributed by atoms with Crippen LogP contribution in [-0.2, 0) is 6.61 Å². The van der Waals surface area contributed by atoms with Crippen LogP contribution in [0.3, 0.4) is 0 Å². The highest BCUT2D eigenvalue weighted by atomic mass is 35.5. The average Bonchev–Trinajstić information content (AvgIpc) is 2.53. The molecule has 21 heavy (non-hydrogen) atoms. The Balaban J connectivity index is 2.24. The molecular formula is C16H16ClNO3. The average molecular weight is 306 g/mol. The van der Waals surface area contributed by atoms with Crippen LogP contribution in [0.5, 0.6) is 11.5 Å². The van der Waals surface area contributed by atoms with Gasteiger partial charge < -0.3 is 14.8 Å². The van der Waals surface area contributed by atoms with Gasteiger partial charge in [0.05, 0.1) is 12.1 Å². The second kappa shape index (κ2) is 6.99.